The Morgan fingerprint density at radius 1 is 1.15 bits per heavy atom. The van der Waals surface area contributed by atoms with Crippen molar-refractivity contribution in [2.45, 2.75) is 33.8 Å². The van der Waals surface area contributed by atoms with Gasteiger partial charge in [0.25, 0.3) is 0 Å². The van der Waals surface area contributed by atoms with E-state index in [1.165, 1.54) is 13.8 Å². The van der Waals surface area contributed by atoms with Crippen LogP contribution >= 0.6 is 0 Å². The van der Waals surface area contributed by atoms with Gasteiger partial charge in [-0.2, -0.15) is 5.10 Å². The number of aryl methyl sites for hydroxylation is 1. The van der Waals surface area contributed by atoms with Gasteiger partial charge in [-0.25, -0.2) is 4.79 Å². The van der Waals surface area contributed by atoms with Crippen molar-refractivity contribution in [3.8, 4) is 0 Å². The molecule has 0 saturated heterocycles. The van der Waals surface area contributed by atoms with E-state index in [0.717, 1.165) is 0 Å². The fourth-order valence-electron chi connectivity index (χ4n) is 3.12. The van der Waals surface area contributed by atoms with Crippen LogP contribution < -0.4 is 0 Å². The van der Waals surface area contributed by atoms with Crippen molar-refractivity contribution in [1.82, 2.24) is 15.2 Å². The number of fused-ring (bicyclic) bond motifs is 1. The lowest BCUT2D eigenvalue weighted by Gasteiger charge is -2.11. The van der Waals surface area contributed by atoms with E-state index < -0.39 is 17.9 Å². The first kappa shape index (κ1) is 17.6. The summed E-state index contributed by atoms with van der Waals surface area (Å²) < 4.78 is 5.31. The van der Waals surface area contributed by atoms with Crippen LogP contribution in [0.3, 0.4) is 0 Å². The van der Waals surface area contributed by atoms with Gasteiger partial charge in [-0.1, -0.05) is 18.2 Å². The van der Waals surface area contributed by atoms with Crippen molar-refractivity contribution in [2.75, 3.05) is 0 Å². The smallest absolute Gasteiger partial charge is 0.360 e. The Bertz CT molecular complexity index is 1030. The van der Waals surface area contributed by atoms with Crippen LogP contribution in [0.2, 0.25) is 0 Å². The van der Waals surface area contributed by atoms with Gasteiger partial charge in [0, 0.05) is 16.6 Å². The number of rotatable bonds is 5. The summed E-state index contributed by atoms with van der Waals surface area (Å²) in [5.74, 6) is -1.20. The van der Waals surface area contributed by atoms with E-state index in [4.69, 9.17) is 4.74 Å². The van der Waals surface area contributed by atoms with Gasteiger partial charge in [0.1, 0.15) is 0 Å². The Labute approximate surface area is 149 Å². The van der Waals surface area contributed by atoms with Crippen LogP contribution in [-0.4, -0.2) is 38.8 Å². The molecular weight excluding hydrogens is 334 g/mol. The number of para-hydroxylation sites is 1. The van der Waals surface area contributed by atoms with Gasteiger partial charge in [-0.05, 0) is 39.3 Å². The third kappa shape index (κ3) is 2.92. The molecule has 1 atom stereocenters. The predicted molar refractivity (Wildman–Crippen MR) is 95.6 cm³/mol. The highest BCUT2D eigenvalue weighted by Gasteiger charge is 2.27. The normalized spacial score (nSPS) is 12.2. The predicted octanol–water partition coefficient (Wildman–Crippen LogP) is 3.14. The lowest BCUT2D eigenvalue weighted by Crippen LogP contribution is -2.25. The van der Waals surface area contributed by atoms with Crippen LogP contribution in [0, 0.1) is 13.8 Å². The summed E-state index contributed by atoms with van der Waals surface area (Å²) in [7, 11) is 0. The number of esters is 1. The van der Waals surface area contributed by atoms with Gasteiger partial charge in [-0.3, -0.25) is 14.7 Å². The first-order valence-corrected chi connectivity index (χ1v) is 8.19. The molecule has 2 aromatic heterocycles. The van der Waals surface area contributed by atoms with Crippen molar-refractivity contribution in [3.63, 3.8) is 0 Å². The number of aromatic nitrogens is 3. The number of carbonyl (C=O) groups excluding carboxylic acids is 3. The van der Waals surface area contributed by atoms with Gasteiger partial charge in [-0.15, -0.1) is 0 Å². The molecule has 0 aliphatic rings. The van der Waals surface area contributed by atoms with Gasteiger partial charge in [0.2, 0.25) is 5.78 Å². The summed E-state index contributed by atoms with van der Waals surface area (Å²) in [4.78, 5) is 39.7. The standard InChI is InChI=1S/C19H19N3O4/c1-9-15(11(3)23)10(2)20-16(9)18(24)12(4)26-19(25)17-13-7-5-6-8-14(13)21-22-17/h5-8,12,20H,1-4H3,(H,21,22)/t12-/m0/s1. The minimum Gasteiger partial charge on any atom is -0.449 e. The number of benzene rings is 1. The molecule has 0 fully saturated rings. The van der Waals surface area contributed by atoms with Crippen LogP contribution in [0.25, 0.3) is 10.9 Å². The molecule has 134 valence electrons. The summed E-state index contributed by atoms with van der Waals surface area (Å²) in [5, 5.41) is 7.36. The molecule has 0 amide bonds. The maximum Gasteiger partial charge on any atom is 0.360 e. The molecule has 26 heavy (non-hydrogen) atoms. The molecule has 3 rings (SSSR count). The number of H-pyrrole nitrogens is 2. The number of aromatic amines is 2. The van der Waals surface area contributed by atoms with Crippen LogP contribution in [0.5, 0.6) is 0 Å². The number of nitrogens with one attached hydrogen (secondary N) is 2. The van der Waals surface area contributed by atoms with E-state index in [2.05, 4.69) is 15.2 Å². The number of hydrogen-bond donors (Lipinski definition) is 2. The minimum absolute atomic E-state index is 0.122. The Morgan fingerprint density at radius 3 is 2.50 bits per heavy atom. The number of Topliss-reactive ketones (excluding diaryl/α,β-unsaturated/α-hetero) is 2. The topological polar surface area (TPSA) is 105 Å². The van der Waals surface area contributed by atoms with Crippen molar-refractivity contribution in [3.05, 3.63) is 52.5 Å². The highest BCUT2D eigenvalue weighted by molar-refractivity contribution is 6.07. The molecule has 0 radical (unpaired) electrons. The monoisotopic (exact) mass is 353 g/mol. The Balaban J connectivity index is 1.83. The second-order valence-electron chi connectivity index (χ2n) is 6.21. The molecule has 0 aliphatic carbocycles. The number of hydrogen-bond acceptors (Lipinski definition) is 5. The maximum atomic E-state index is 12.7. The fourth-order valence-corrected chi connectivity index (χ4v) is 3.12. The Kier molecular flexibility index (Phi) is 4.46. The van der Waals surface area contributed by atoms with Crippen molar-refractivity contribution in [2.24, 2.45) is 0 Å². The Hall–Kier alpha value is -3.22. The third-order valence-electron chi connectivity index (χ3n) is 4.35. The second-order valence-corrected chi connectivity index (χ2v) is 6.21. The van der Waals surface area contributed by atoms with Gasteiger partial charge < -0.3 is 9.72 Å². The number of ketones is 2. The SMILES string of the molecule is CC(=O)c1c(C)[nH]c(C(=O)[C@H](C)OC(=O)c2n[nH]c3ccccc23)c1C. The van der Waals surface area contributed by atoms with Crippen molar-refractivity contribution < 1.29 is 19.1 Å². The molecule has 0 saturated carbocycles. The lowest BCUT2D eigenvalue weighted by atomic mass is 10.0. The minimum atomic E-state index is -1.02. The van der Waals surface area contributed by atoms with Gasteiger partial charge >= 0.3 is 5.97 Å². The first-order valence-electron chi connectivity index (χ1n) is 8.19. The highest BCUT2D eigenvalue weighted by Crippen LogP contribution is 2.21. The molecule has 2 heterocycles. The van der Waals surface area contributed by atoms with E-state index >= 15 is 0 Å². The number of ether oxygens (including phenoxy) is 1. The summed E-state index contributed by atoms with van der Waals surface area (Å²) in [5.41, 5.74) is 2.79. The second kappa shape index (κ2) is 6.59. The van der Waals surface area contributed by atoms with Crippen LogP contribution in [0.15, 0.2) is 24.3 Å². The summed E-state index contributed by atoms with van der Waals surface area (Å²) in [6, 6.07) is 7.16. The first-order chi connectivity index (χ1) is 12.3. The quantitative estimate of drug-likeness (QED) is 0.541. The molecular formula is C19H19N3O4. The van der Waals surface area contributed by atoms with Crippen LogP contribution in [-0.2, 0) is 4.74 Å². The molecule has 0 aliphatic heterocycles. The van der Waals surface area contributed by atoms with Crippen LogP contribution in [0.1, 0.15) is 56.4 Å². The van der Waals surface area contributed by atoms with E-state index in [9.17, 15) is 14.4 Å². The zero-order chi connectivity index (χ0) is 19.0. The van der Waals surface area contributed by atoms with Gasteiger partial charge in [0.05, 0.1) is 11.2 Å². The van der Waals surface area contributed by atoms with E-state index in [-0.39, 0.29) is 17.2 Å². The zero-order valence-electron chi connectivity index (χ0n) is 15.0. The van der Waals surface area contributed by atoms with E-state index in [0.29, 0.717) is 27.7 Å². The summed E-state index contributed by atoms with van der Waals surface area (Å²) in [6.45, 7) is 6.37. The molecule has 0 spiro atoms. The third-order valence-corrected chi connectivity index (χ3v) is 4.35. The molecule has 0 bridgehead atoms. The zero-order valence-corrected chi connectivity index (χ0v) is 15.0. The maximum absolute atomic E-state index is 12.7. The fraction of sp³-hybridized carbons (Fsp3) is 0.263. The average Bonchev–Trinajstić information content (AvgIpc) is 3.14. The van der Waals surface area contributed by atoms with Crippen molar-refractivity contribution in [1.29, 1.82) is 0 Å². The van der Waals surface area contributed by atoms with Gasteiger partial charge in [0.15, 0.2) is 17.6 Å². The largest absolute Gasteiger partial charge is 0.449 e. The van der Waals surface area contributed by atoms with E-state index in [1.54, 1.807) is 32.0 Å². The lowest BCUT2D eigenvalue weighted by molar-refractivity contribution is 0.0313. The molecule has 0 unspecified atom stereocenters. The molecule has 7 nitrogen and oxygen atoms in total. The number of carbonyl (C=O) groups is 3. The highest BCUT2D eigenvalue weighted by atomic mass is 16.5. The summed E-state index contributed by atoms with van der Waals surface area (Å²) in [6.07, 6.45) is -1.02. The average molecular weight is 353 g/mol. The van der Waals surface area contributed by atoms with Crippen LogP contribution in [0.4, 0.5) is 0 Å². The van der Waals surface area contributed by atoms with Crippen molar-refractivity contribution >= 4 is 28.4 Å². The molecule has 3 aromatic rings. The molecule has 1 aromatic carbocycles. The summed E-state index contributed by atoms with van der Waals surface area (Å²) >= 11 is 0. The Morgan fingerprint density at radius 2 is 1.85 bits per heavy atom. The molecule has 7 heteroatoms. The number of nitrogens with zero attached hydrogens (tertiary/aromatic N) is 1. The molecule has 2 N–H and O–H groups in total. The van der Waals surface area contributed by atoms with E-state index in [1.807, 2.05) is 6.07 Å².